The van der Waals surface area contributed by atoms with Crippen LogP contribution in [0, 0.1) is 29.1 Å². The van der Waals surface area contributed by atoms with Crippen molar-refractivity contribution in [3.8, 4) is 6.07 Å². The number of nitrogens with zero attached hydrogens (tertiary/aromatic N) is 4. The number of carboxylic acid groups (broad SMARTS) is 2. The van der Waals surface area contributed by atoms with Gasteiger partial charge in [-0.1, -0.05) is 12.8 Å². The Morgan fingerprint density at radius 1 is 1.08 bits per heavy atom. The van der Waals surface area contributed by atoms with Crippen LogP contribution in [0.25, 0.3) is 0 Å². The molecule has 2 amide bonds. The Morgan fingerprint density at radius 3 is 2.08 bits per heavy atom. The first-order valence-electron chi connectivity index (χ1n) is 13.0. The molecule has 0 radical (unpaired) electrons. The number of nitriles is 1. The van der Waals surface area contributed by atoms with Gasteiger partial charge in [-0.05, 0) is 55.6 Å². The van der Waals surface area contributed by atoms with Crippen molar-refractivity contribution in [1.29, 1.82) is 5.26 Å². The second-order valence-corrected chi connectivity index (χ2v) is 10.8. The van der Waals surface area contributed by atoms with Gasteiger partial charge >= 0.3 is 18.0 Å². The summed E-state index contributed by atoms with van der Waals surface area (Å²) in [7, 11) is 3.62. The first-order chi connectivity index (χ1) is 18.4. The highest BCUT2D eigenvalue weighted by molar-refractivity contribution is 5.83. The van der Waals surface area contributed by atoms with Crippen molar-refractivity contribution in [3.63, 3.8) is 0 Å². The number of likely N-dealkylation sites (tertiary alicyclic amines) is 1. The van der Waals surface area contributed by atoms with E-state index in [1.54, 1.807) is 23.2 Å². The number of carboxylic acids is 2. The fraction of sp³-hybridized carbons (Fsp3) is 0.654. The van der Waals surface area contributed by atoms with Crippen molar-refractivity contribution in [2.75, 3.05) is 33.7 Å². The standard InChI is InChI=1S/C22H31N5O2.C4H6O6/c1-25(2)21(29)26-14-16-10-22(11-17(16)15-26,18-6-3-4-7-18)24-13-20(28)27-9-5-8-19(27)12-23;5-1(3(7)8)2(6)4(9)10/h5,8-9,16-18,24H,3-4,6-7,10-11,13-15H2,1-2H3;1-2,5-6H,(H,7,8)(H,9,10). The van der Waals surface area contributed by atoms with Crippen LogP contribution in [0.1, 0.15) is 49.0 Å². The van der Waals surface area contributed by atoms with Crippen molar-refractivity contribution < 1.29 is 39.6 Å². The van der Waals surface area contributed by atoms with Gasteiger partial charge in [-0.25, -0.2) is 14.4 Å². The number of aromatic nitrogens is 1. The molecule has 3 aliphatic rings. The Hall–Kier alpha value is -3.47. The van der Waals surface area contributed by atoms with E-state index >= 15 is 0 Å². The third-order valence-corrected chi connectivity index (χ3v) is 8.15. The number of rotatable bonds is 7. The minimum Gasteiger partial charge on any atom is -0.479 e. The monoisotopic (exact) mass is 547 g/mol. The van der Waals surface area contributed by atoms with E-state index in [9.17, 15) is 24.4 Å². The van der Waals surface area contributed by atoms with E-state index in [2.05, 4.69) is 11.4 Å². The number of carbonyl (C=O) groups excluding carboxylic acids is 2. The normalized spacial score (nSPS) is 25.7. The van der Waals surface area contributed by atoms with Gasteiger partial charge in [-0.3, -0.25) is 9.36 Å². The van der Waals surface area contributed by atoms with E-state index in [4.69, 9.17) is 20.4 Å². The second kappa shape index (κ2) is 12.6. The van der Waals surface area contributed by atoms with Gasteiger partial charge in [-0.15, -0.1) is 0 Å². The summed E-state index contributed by atoms with van der Waals surface area (Å²) in [4.78, 5) is 48.3. The molecule has 0 bridgehead atoms. The summed E-state index contributed by atoms with van der Waals surface area (Å²) in [6.07, 6.45) is 4.15. The lowest BCUT2D eigenvalue weighted by molar-refractivity contribution is -0.165. The predicted molar refractivity (Wildman–Crippen MR) is 137 cm³/mol. The lowest BCUT2D eigenvalue weighted by Crippen LogP contribution is -2.52. The fourth-order valence-corrected chi connectivity index (χ4v) is 6.26. The molecule has 5 N–H and O–H groups in total. The SMILES string of the molecule is CN(C)C(=O)N1CC2CC(NCC(=O)n3cccc3C#N)(C3CCCC3)CC2C1.O=C(O)C(O)C(O)C(=O)O. The largest absolute Gasteiger partial charge is 0.479 e. The van der Waals surface area contributed by atoms with Crippen molar-refractivity contribution in [2.24, 2.45) is 17.8 Å². The molecule has 1 aromatic rings. The number of hydrogen-bond acceptors (Lipinski definition) is 8. The molecule has 1 saturated heterocycles. The molecule has 2 aliphatic carbocycles. The molecule has 1 aromatic heterocycles. The maximum atomic E-state index is 12.8. The van der Waals surface area contributed by atoms with E-state index < -0.39 is 24.1 Å². The summed E-state index contributed by atoms with van der Waals surface area (Å²) in [5, 5.41) is 45.4. The molecule has 4 rings (SSSR count). The topological polar surface area (TPSA) is 196 Å². The van der Waals surface area contributed by atoms with Gasteiger partial charge in [0.05, 0.1) is 6.54 Å². The van der Waals surface area contributed by atoms with Gasteiger partial charge in [-0.2, -0.15) is 5.26 Å². The van der Waals surface area contributed by atoms with Gasteiger partial charge in [0, 0.05) is 38.9 Å². The van der Waals surface area contributed by atoms with Crippen molar-refractivity contribution in [1.82, 2.24) is 19.7 Å². The number of aliphatic carboxylic acids is 2. The van der Waals surface area contributed by atoms with Gasteiger partial charge in [0.15, 0.2) is 12.2 Å². The van der Waals surface area contributed by atoms with Crippen LogP contribution in [0.15, 0.2) is 18.3 Å². The number of aliphatic hydroxyl groups is 2. The molecule has 4 unspecified atom stereocenters. The molecule has 214 valence electrons. The average Bonchev–Trinajstić information content (AvgIpc) is 3.69. The van der Waals surface area contributed by atoms with Crippen LogP contribution >= 0.6 is 0 Å². The molecule has 1 aliphatic heterocycles. The Labute approximate surface area is 226 Å². The van der Waals surface area contributed by atoms with Crippen molar-refractivity contribution in [2.45, 2.75) is 56.3 Å². The Balaban J connectivity index is 0.000000360. The molecule has 39 heavy (non-hydrogen) atoms. The van der Waals surface area contributed by atoms with E-state index in [0.29, 0.717) is 23.4 Å². The molecule has 0 aromatic carbocycles. The van der Waals surface area contributed by atoms with E-state index in [0.717, 1.165) is 25.9 Å². The highest BCUT2D eigenvalue weighted by atomic mass is 16.4. The zero-order valence-electron chi connectivity index (χ0n) is 22.2. The van der Waals surface area contributed by atoms with Gasteiger partial charge in [0.2, 0.25) is 5.91 Å². The Bertz CT molecular complexity index is 1070. The summed E-state index contributed by atoms with van der Waals surface area (Å²) in [5.74, 6) is -2.01. The van der Waals surface area contributed by atoms with Crippen molar-refractivity contribution >= 4 is 23.9 Å². The van der Waals surface area contributed by atoms with Gasteiger partial charge < -0.3 is 35.5 Å². The predicted octanol–water partition coefficient (Wildman–Crippen LogP) is 0.419. The number of fused-ring (bicyclic) bond motifs is 1. The number of hydrogen-bond donors (Lipinski definition) is 5. The highest BCUT2D eigenvalue weighted by Crippen LogP contribution is 2.51. The van der Waals surface area contributed by atoms with Crippen LogP contribution in [0.5, 0.6) is 0 Å². The number of nitrogens with one attached hydrogen (secondary N) is 1. The Kier molecular flexibility index (Phi) is 9.71. The molecule has 13 nitrogen and oxygen atoms in total. The second-order valence-electron chi connectivity index (χ2n) is 10.8. The zero-order valence-corrected chi connectivity index (χ0v) is 22.2. The summed E-state index contributed by atoms with van der Waals surface area (Å²) in [6, 6.07) is 5.58. The van der Waals surface area contributed by atoms with E-state index in [-0.39, 0.29) is 24.0 Å². The van der Waals surface area contributed by atoms with Crippen LogP contribution in [-0.4, -0.2) is 110 Å². The first-order valence-corrected chi connectivity index (χ1v) is 13.0. The summed E-state index contributed by atoms with van der Waals surface area (Å²) in [6.45, 7) is 1.89. The number of aliphatic hydroxyl groups excluding tert-OH is 2. The molecule has 2 saturated carbocycles. The van der Waals surface area contributed by atoms with Crippen LogP contribution in [0.4, 0.5) is 4.79 Å². The molecule has 3 fully saturated rings. The average molecular weight is 548 g/mol. The van der Waals surface area contributed by atoms with Crippen LogP contribution < -0.4 is 5.32 Å². The lowest BCUT2D eigenvalue weighted by Gasteiger charge is -2.38. The summed E-state index contributed by atoms with van der Waals surface area (Å²) < 4.78 is 1.45. The quantitative estimate of drug-likeness (QED) is 0.319. The molecule has 13 heteroatoms. The third kappa shape index (κ3) is 6.76. The van der Waals surface area contributed by atoms with Crippen LogP contribution in [0.3, 0.4) is 0 Å². The molecular weight excluding hydrogens is 510 g/mol. The van der Waals surface area contributed by atoms with Gasteiger partial charge in [0.25, 0.3) is 0 Å². The van der Waals surface area contributed by atoms with E-state index in [1.807, 2.05) is 19.0 Å². The van der Waals surface area contributed by atoms with Crippen LogP contribution in [-0.2, 0) is 9.59 Å². The third-order valence-electron chi connectivity index (χ3n) is 8.15. The maximum Gasteiger partial charge on any atom is 0.335 e. The van der Waals surface area contributed by atoms with E-state index in [1.165, 1.54) is 30.3 Å². The molecule has 4 atom stereocenters. The summed E-state index contributed by atoms with van der Waals surface area (Å²) in [5.41, 5.74) is 0.363. The number of urea groups is 1. The molecule has 2 heterocycles. The minimum atomic E-state index is -2.27. The molecule has 0 spiro atoms. The minimum absolute atomic E-state index is 0.0191. The maximum absolute atomic E-state index is 12.8. The first kappa shape index (κ1) is 30.1. The zero-order chi connectivity index (χ0) is 28.9. The highest BCUT2D eigenvalue weighted by Gasteiger charge is 2.53. The lowest BCUT2D eigenvalue weighted by atomic mass is 9.79. The Morgan fingerprint density at radius 2 is 1.62 bits per heavy atom. The van der Waals surface area contributed by atoms with Crippen LogP contribution in [0.2, 0.25) is 0 Å². The number of carbonyl (C=O) groups is 4. The summed E-state index contributed by atoms with van der Waals surface area (Å²) >= 11 is 0. The van der Waals surface area contributed by atoms with Crippen molar-refractivity contribution in [3.05, 3.63) is 24.0 Å². The van der Waals surface area contributed by atoms with Gasteiger partial charge in [0.1, 0.15) is 11.8 Å². The smallest absolute Gasteiger partial charge is 0.335 e. The molecular formula is C26H37N5O8. The number of amides is 2. The fourth-order valence-electron chi connectivity index (χ4n) is 6.26.